The van der Waals surface area contributed by atoms with E-state index in [-0.39, 0.29) is 0 Å². The number of benzene rings is 1. The summed E-state index contributed by atoms with van der Waals surface area (Å²) in [5.41, 5.74) is 1.36. The van der Waals surface area contributed by atoms with Crippen molar-refractivity contribution in [3.8, 4) is 0 Å². The number of aromatic nitrogens is 2. The number of imidazole rings is 1. The van der Waals surface area contributed by atoms with Crippen LogP contribution in [-0.2, 0) is 0 Å². The molecule has 3 heteroatoms. The topological polar surface area (TPSA) is 20.3 Å². The fourth-order valence-corrected chi connectivity index (χ4v) is 5.11. The minimum atomic E-state index is 0.628. The quantitative estimate of drug-likeness (QED) is 0.608. The molecule has 0 unspecified atom stereocenters. The minimum Gasteiger partial charge on any atom is -0.300 e. The molecule has 0 amide bonds. The van der Waals surface area contributed by atoms with Crippen LogP contribution in [0, 0.1) is 0 Å². The van der Waals surface area contributed by atoms with Crippen LogP contribution in [0.5, 0.6) is 0 Å². The summed E-state index contributed by atoms with van der Waals surface area (Å²) in [5, 5.41) is 6.70. The number of rotatable bonds is 3. The first-order valence-electron chi connectivity index (χ1n) is 10.6. The molecule has 0 spiro atoms. The van der Waals surface area contributed by atoms with Gasteiger partial charge in [0.25, 0.3) is 5.82 Å². The first kappa shape index (κ1) is 16.2. The van der Waals surface area contributed by atoms with Crippen LogP contribution >= 0.6 is 0 Å². The van der Waals surface area contributed by atoms with Gasteiger partial charge in [0.2, 0.25) is 0 Å². The van der Waals surface area contributed by atoms with Gasteiger partial charge in [0.15, 0.2) is 11.8 Å². The SMILES string of the molecule is c1ccc2c(c1)ccn1c[n+](C3CCCCC3)c(NC3CCCCC3)c21. The van der Waals surface area contributed by atoms with E-state index in [1.54, 1.807) is 0 Å². The highest BCUT2D eigenvalue weighted by Gasteiger charge is 2.29. The fraction of sp³-hybridized carbons (Fsp3) is 0.522. The van der Waals surface area contributed by atoms with E-state index in [4.69, 9.17) is 0 Å². The van der Waals surface area contributed by atoms with E-state index in [0.29, 0.717) is 12.1 Å². The summed E-state index contributed by atoms with van der Waals surface area (Å²) in [6, 6.07) is 12.4. The van der Waals surface area contributed by atoms with Crippen molar-refractivity contribution in [3.63, 3.8) is 0 Å². The van der Waals surface area contributed by atoms with Gasteiger partial charge >= 0.3 is 0 Å². The fourth-order valence-electron chi connectivity index (χ4n) is 5.11. The Morgan fingerprint density at radius 1 is 0.846 bits per heavy atom. The Morgan fingerprint density at radius 2 is 1.58 bits per heavy atom. The van der Waals surface area contributed by atoms with Gasteiger partial charge in [-0.25, -0.2) is 8.97 Å². The predicted molar refractivity (Wildman–Crippen MR) is 108 cm³/mol. The minimum absolute atomic E-state index is 0.628. The van der Waals surface area contributed by atoms with Gasteiger partial charge in [-0.3, -0.25) is 5.32 Å². The highest BCUT2D eigenvalue weighted by atomic mass is 15.2. The van der Waals surface area contributed by atoms with Gasteiger partial charge in [-0.1, -0.05) is 49.9 Å². The number of fused-ring (bicyclic) bond motifs is 3. The van der Waals surface area contributed by atoms with Gasteiger partial charge in [0.05, 0.1) is 18.3 Å². The largest absolute Gasteiger partial charge is 0.300 e. The van der Waals surface area contributed by atoms with Crippen molar-refractivity contribution in [2.75, 3.05) is 5.32 Å². The summed E-state index contributed by atoms with van der Waals surface area (Å²) in [4.78, 5) is 0. The van der Waals surface area contributed by atoms with Crippen molar-refractivity contribution < 1.29 is 4.57 Å². The van der Waals surface area contributed by atoms with Gasteiger partial charge < -0.3 is 0 Å². The van der Waals surface area contributed by atoms with Crippen LogP contribution in [0.4, 0.5) is 5.82 Å². The Balaban J connectivity index is 1.66. The summed E-state index contributed by atoms with van der Waals surface area (Å²) in [5.74, 6) is 1.36. The number of hydrogen-bond donors (Lipinski definition) is 1. The number of pyridine rings is 1. The van der Waals surface area contributed by atoms with Crippen LogP contribution in [0.15, 0.2) is 42.9 Å². The normalized spacial score (nSPS) is 20.0. The molecule has 1 aromatic carbocycles. The van der Waals surface area contributed by atoms with Gasteiger partial charge in [0, 0.05) is 5.39 Å². The summed E-state index contributed by atoms with van der Waals surface area (Å²) in [6.07, 6.45) is 18.1. The van der Waals surface area contributed by atoms with Crippen LogP contribution in [0.3, 0.4) is 0 Å². The average Bonchev–Trinajstić information content (AvgIpc) is 3.08. The standard InChI is InChI=1S/C23H30N3/c1-3-10-19(11-4-1)24-23-22-21-14-8-7-9-18(21)15-16-25(22)17-26(23)20-12-5-2-6-13-20/h7-9,14-17,19-20,24H,1-6,10-13H2/q+1. The van der Waals surface area contributed by atoms with Gasteiger partial charge in [-0.15, -0.1) is 0 Å². The second-order valence-electron chi connectivity index (χ2n) is 8.30. The zero-order valence-electron chi connectivity index (χ0n) is 15.7. The van der Waals surface area contributed by atoms with Crippen molar-refractivity contribution in [1.29, 1.82) is 0 Å². The molecule has 2 aliphatic rings. The Hall–Kier alpha value is -2.03. The van der Waals surface area contributed by atoms with Gasteiger partial charge in [-0.05, 0) is 50.0 Å². The second kappa shape index (κ2) is 6.94. The first-order valence-corrected chi connectivity index (χ1v) is 10.6. The van der Waals surface area contributed by atoms with Crippen LogP contribution < -0.4 is 9.88 Å². The van der Waals surface area contributed by atoms with Gasteiger partial charge in [0.1, 0.15) is 0 Å². The molecule has 1 N–H and O–H groups in total. The maximum absolute atomic E-state index is 4.00. The second-order valence-corrected chi connectivity index (χ2v) is 8.30. The molecular weight excluding hydrogens is 318 g/mol. The third-order valence-corrected chi connectivity index (χ3v) is 6.53. The van der Waals surface area contributed by atoms with E-state index >= 15 is 0 Å². The molecule has 136 valence electrons. The smallest absolute Gasteiger partial charge is 0.262 e. The van der Waals surface area contributed by atoms with Crippen molar-refractivity contribution in [1.82, 2.24) is 4.40 Å². The highest BCUT2D eigenvalue weighted by Crippen LogP contribution is 2.31. The van der Waals surface area contributed by atoms with E-state index in [9.17, 15) is 0 Å². The van der Waals surface area contributed by atoms with Crippen LogP contribution in [0.2, 0.25) is 0 Å². The molecule has 0 radical (unpaired) electrons. The Morgan fingerprint density at radius 3 is 2.38 bits per heavy atom. The highest BCUT2D eigenvalue weighted by molar-refractivity contribution is 6.00. The summed E-state index contributed by atoms with van der Waals surface area (Å²) in [6.45, 7) is 0. The third-order valence-electron chi connectivity index (χ3n) is 6.53. The molecule has 0 aliphatic heterocycles. The summed E-state index contributed by atoms with van der Waals surface area (Å²) < 4.78 is 4.93. The van der Waals surface area contributed by atoms with Crippen LogP contribution in [-0.4, -0.2) is 10.4 Å². The molecule has 0 atom stereocenters. The average molecular weight is 349 g/mol. The Labute approximate surface area is 156 Å². The van der Waals surface area contributed by atoms with E-state index < -0.39 is 0 Å². The molecule has 2 heterocycles. The molecule has 3 nitrogen and oxygen atoms in total. The van der Waals surface area contributed by atoms with Crippen LogP contribution in [0.1, 0.15) is 70.3 Å². The molecule has 2 saturated carbocycles. The number of nitrogens with one attached hydrogen (secondary N) is 1. The van der Waals surface area contributed by atoms with Crippen molar-refractivity contribution >= 4 is 22.1 Å². The zero-order valence-corrected chi connectivity index (χ0v) is 15.7. The molecule has 2 aromatic heterocycles. The van der Waals surface area contributed by atoms with E-state index in [1.165, 1.54) is 86.3 Å². The molecule has 0 bridgehead atoms. The van der Waals surface area contributed by atoms with E-state index in [2.05, 4.69) is 57.1 Å². The summed E-state index contributed by atoms with van der Waals surface area (Å²) in [7, 11) is 0. The maximum atomic E-state index is 4.00. The first-order chi connectivity index (χ1) is 12.9. The lowest BCUT2D eigenvalue weighted by molar-refractivity contribution is -0.711. The van der Waals surface area contributed by atoms with Crippen LogP contribution in [0.25, 0.3) is 16.3 Å². The molecule has 2 fully saturated rings. The Kier molecular flexibility index (Phi) is 4.32. The number of hydrogen-bond acceptors (Lipinski definition) is 1. The maximum Gasteiger partial charge on any atom is 0.262 e. The monoisotopic (exact) mass is 348 g/mol. The Bertz CT molecular complexity index is 898. The van der Waals surface area contributed by atoms with E-state index in [0.717, 1.165) is 0 Å². The molecule has 26 heavy (non-hydrogen) atoms. The molecular formula is C23H30N3+. The van der Waals surface area contributed by atoms with Crippen molar-refractivity contribution in [2.45, 2.75) is 76.3 Å². The number of nitrogens with zero attached hydrogens (tertiary/aromatic N) is 2. The van der Waals surface area contributed by atoms with Gasteiger partial charge in [-0.2, -0.15) is 0 Å². The molecule has 0 saturated heterocycles. The summed E-state index contributed by atoms with van der Waals surface area (Å²) >= 11 is 0. The molecule has 2 aliphatic carbocycles. The lowest BCUT2D eigenvalue weighted by atomic mass is 9.94. The predicted octanol–water partition coefficient (Wildman–Crippen LogP) is 5.63. The lowest BCUT2D eigenvalue weighted by Crippen LogP contribution is -2.43. The third kappa shape index (κ3) is 2.87. The zero-order chi connectivity index (χ0) is 17.3. The van der Waals surface area contributed by atoms with Crippen molar-refractivity contribution in [2.24, 2.45) is 0 Å². The number of anilines is 1. The molecule has 3 aromatic rings. The van der Waals surface area contributed by atoms with E-state index in [1.807, 2.05) is 0 Å². The van der Waals surface area contributed by atoms with Crippen molar-refractivity contribution in [3.05, 3.63) is 42.9 Å². The molecule has 5 rings (SSSR count). The lowest BCUT2D eigenvalue weighted by Gasteiger charge is -2.24.